The van der Waals surface area contributed by atoms with E-state index < -0.39 is 207 Å². The number of amides is 11. The third-order valence-electron chi connectivity index (χ3n) is 11.0. The highest BCUT2D eigenvalue weighted by molar-refractivity contribution is 6.00. The second-order valence-electron chi connectivity index (χ2n) is 17.3. The quantitative estimate of drug-likeness (QED) is 0.0281. The number of rotatable bonds is 35. The second kappa shape index (κ2) is 31.7. The molecular weight excluding hydrogens is 961 g/mol. The van der Waals surface area contributed by atoms with Crippen molar-refractivity contribution in [2.24, 2.45) is 40.7 Å². The van der Waals surface area contributed by atoms with Gasteiger partial charge in [-0.25, -0.2) is 4.79 Å². The van der Waals surface area contributed by atoms with Gasteiger partial charge in [0.2, 0.25) is 65.0 Å². The zero-order valence-electron chi connectivity index (χ0n) is 40.8. The van der Waals surface area contributed by atoms with Gasteiger partial charge < -0.3 is 85.9 Å². The van der Waals surface area contributed by atoms with Crippen LogP contribution < -0.4 is 65.5 Å². The molecule has 0 radical (unpaired) electrons. The number of aliphatic hydroxyl groups excluding tert-OH is 1. The van der Waals surface area contributed by atoms with E-state index in [-0.39, 0.29) is 6.42 Å². The molecule has 30 nitrogen and oxygen atoms in total. The fraction of sp³-hybridized carbons (Fsp3) is 0.667. The van der Waals surface area contributed by atoms with Gasteiger partial charge in [-0.1, -0.05) is 54.4 Å². The van der Waals surface area contributed by atoms with Crippen LogP contribution in [0.4, 0.5) is 0 Å². The van der Waals surface area contributed by atoms with Gasteiger partial charge >= 0.3 is 17.9 Å². The Labute approximate surface area is 413 Å². The summed E-state index contributed by atoms with van der Waals surface area (Å²) < 4.78 is 0. The monoisotopic (exact) mass is 1030 g/mol. The molecule has 0 aromatic rings. The van der Waals surface area contributed by atoms with E-state index in [9.17, 15) is 82.4 Å². The van der Waals surface area contributed by atoms with E-state index in [0.717, 1.165) is 0 Å². The van der Waals surface area contributed by atoms with Gasteiger partial charge in [-0.15, -0.1) is 0 Å². The van der Waals surface area contributed by atoms with Crippen molar-refractivity contribution in [1.29, 1.82) is 0 Å². The first-order valence-corrected chi connectivity index (χ1v) is 22.7. The molecule has 0 aromatic heterocycles. The lowest BCUT2D eigenvalue weighted by atomic mass is 9.94. The lowest BCUT2D eigenvalue weighted by molar-refractivity contribution is -0.147. The highest BCUT2D eigenvalue weighted by Crippen LogP contribution is 2.14. The van der Waals surface area contributed by atoms with Crippen molar-refractivity contribution >= 4 is 82.9 Å². The van der Waals surface area contributed by atoms with E-state index in [2.05, 4.69) is 37.2 Å². The fourth-order valence-corrected chi connectivity index (χ4v) is 6.42. The average molecular weight is 1030 g/mol. The molecule has 30 heteroatoms. The predicted octanol–water partition coefficient (Wildman–Crippen LogP) is -6.63. The molecule has 0 rings (SSSR count). The SMILES string of the molecule is CC[C@H](C)[C@H](NC(=O)[C@@H](NC(=O)[C@@H](N)CC(N)=O)[C@@H](C)CC)C(=O)N[C@@H](CCC(N)=O)C(=O)N[C@@H](CC(N)=O)C(=O)N[C@@H](CCC(=O)O)C(=O)N[C@@H](CO)C(=O)N[C@H](C(=O)N[C@@H](CC(=O)O)C(=O)O)C(C)C. The highest BCUT2D eigenvalue weighted by atomic mass is 16.4. The Morgan fingerprint density at radius 2 is 0.792 bits per heavy atom. The largest absolute Gasteiger partial charge is 0.481 e. The third-order valence-corrected chi connectivity index (χ3v) is 11.0. The van der Waals surface area contributed by atoms with Crippen LogP contribution in [0.15, 0.2) is 0 Å². The summed E-state index contributed by atoms with van der Waals surface area (Å²) in [6.45, 7) is 8.18. The minimum absolute atomic E-state index is 0.252. The van der Waals surface area contributed by atoms with E-state index in [1.165, 1.54) is 13.8 Å². The Morgan fingerprint density at radius 1 is 0.417 bits per heavy atom. The number of carbonyl (C=O) groups is 14. The number of carboxylic acids is 3. The number of primary amides is 3. The average Bonchev–Trinajstić information content (AvgIpc) is 3.28. The normalized spacial score (nSPS) is 15.6. The zero-order chi connectivity index (χ0) is 55.7. The standard InChI is InChI=1S/C42H70N12O18/c1-7-18(5)32(54-41(70)33(19(6)8-2)53-34(63)20(43)13-27(45)57)40(69)48-21(9-11-26(44)56)35(64)49-23(14-28(46)58)37(66)47-22(10-12-29(59)60)36(65)51-25(16-55)38(67)52-31(17(3)4)39(68)50-24(42(71)72)15-30(61)62/h17-25,31-33,55H,7-16,43H2,1-6H3,(H2,44,56)(H2,45,57)(H2,46,58)(H,47,66)(H,48,69)(H,49,64)(H,50,68)(H,51,65)(H,52,67)(H,53,63)(H,54,70)(H,59,60)(H,61,62)(H,71,72)/t18-,19-,20-,21-,22-,23-,24-,25-,31-,32-,33-/m0/s1. The van der Waals surface area contributed by atoms with Crippen LogP contribution in [-0.2, 0) is 67.1 Å². The number of hydrogen-bond acceptors (Lipinski definition) is 16. The van der Waals surface area contributed by atoms with Gasteiger partial charge in [0.05, 0.1) is 31.9 Å². The van der Waals surface area contributed by atoms with Crippen molar-refractivity contribution in [3.63, 3.8) is 0 Å². The number of aliphatic carboxylic acids is 3. The van der Waals surface area contributed by atoms with E-state index in [1.54, 1.807) is 27.7 Å². The number of nitrogens with one attached hydrogen (secondary N) is 8. The highest BCUT2D eigenvalue weighted by Gasteiger charge is 2.38. The summed E-state index contributed by atoms with van der Waals surface area (Å²) in [5.41, 5.74) is 21.6. The lowest BCUT2D eigenvalue weighted by Gasteiger charge is -2.30. The molecule has 0 unspecified atom stereocenters. The molecule has 0 aromatic carbocycles. The Balaban J connectivity index is 6.69. The van der Waals surface area contributed by atoms with Crippen LogP contribution in [0.1, 0.15) is 99.3 Å². The van der Waals surface area contributed by atoms with Crippen LogP contribution in [0.5, 0.6) is 0 Å². The molecule has 72 heavy (non-hydrogen) atoms. The molecule has 0 aliphatic carbocycles. The van der Waals surface area contributed by atoms with Crippen LogP contribution in [-0.4, -0.2) is 164 Å². The maximum Gasteiger partial charge on any atom is 0.326 e. The van der Waals surface area contributed by atoms with E-state index in [1.807, 2.05) is 5.32 Å². The minimum atomic E-state index is -1.99. The lowest BCUT2D eigenvalue weighted by Crippen LogP contribution is -2.62. The van der Waals surface area contributed by atoms with Crippen molar-refractivity contribution < 1.29 is 87.5 Å². The van der Waals surface area contributed by atoms with E-state index in [0.29, 0.717) is 6.42 Å². The van der Waals surface area contributed by atoms with E-state index >= 15 is 0 Å². The van der Waals surface area contributed by atoms with Gasteiger partial charge in [-0.05, 0) is 30.6 Å². The summed E-state index contributed by atoms with van der Waals surface area (Å²) in [5.74, 6) is -18.9. The van der Waals surface area contributed by atoms with Gasteiger partial charge in [-0.2, -0.15) is 0 Å². The van der Waals surface area contributed by atoms with Gasteiger partial charge in [-0.3, -0.25) is 62.3 Å². The van der Waals surface area contributed by atoms with E-state index in [4.69, 9.17) is 28.0 Å². The number of nitrogens with two attached hydrogens (primary N) is 4. The first-order valence-electron chi connectivity index (χ1n) is 22.7. The molecule has 11 atom stereocenters. The van der Waals surface area contributed by atoms with Gasteiger partial charge in [0.25, 0.3) is 0 Å². The smallest absolute Gasteiger partial charge is 0.326 e. The summed E-state index contributed by atoms with van der Waals surface area (Å²) in [5, 5.41) is 55.7. The molecule has 0 bridgehead atoms. The van der Waals surface area contributed by atoms with Crippen LogP contribution >= 0.6 is 0 Å². The van der Waals surface area contributed by atoms with Crippen molar-refractivity contribution in [3.05, 3.63) is 0 Å². The molecular formula is C42H70N12O18. The van der Waals surface area contributed by atoms with Gasteiger partial charge in [0, 0.05) is 12.8 Å². The number of hydrogen-bond donors (Lipinski definition) is 16. The Hall–Kier alpha value is -7.50. The molecule has 406 valence electrons. The van der Waals surface area contributed by atoms with Crippen LogP contribution in [0.3, 0.4) is 0 Å². The number of carbonyl (C=O) groups excluding carboxylic acids is 11. The fourth-order valence-electron chi connectivity index (χ4n) is 6.42. The number of aliphatic hydroxyl groups is 1. The minimum Gasteiger partial charge on any atom is -0.481 e. The molecule has 0 aliphatic rings. The third kappa shape index (κ3) is 23.4. The maximum atomic E-state index is 14.0. The number of carboxylic acid groups (broad SMARTS) is 3. The summed E-state index contributed by atoms with van der Waals surface area (Å²) in [6.07, 6.45) is -4.58. The zero-order valence-corrected chi connectivity index (χ0v) is 40.8. The Morgan fingerprint density at radius 3 is 1.21 bits per heavy atom. The topological polar surface area (TPSA) is 520 Å². The first-order chi connectivity index (χ1) is 33.4. The van der Waals surface area contributed by atoms with Crippen molar-refractivity contribution in [1.82, 2.24) is 42.5 Å². The Bertz CT molecular complexity index is 2000. The molecule has 0 fully saturated rings. The first kappa shape index (κ1) is 64.5. The van der Waals surface area contributed by atoms with Crippen LogP contribution in [0, 0.1) is 17.8 Å². The molecule has 0 saturated heterocycles. The Kier molecular flexibility index (Phi) is 28.4. The van der Waals surface area contributed by atoms with Crippen LogP contribution in [0.2, 0.25) is 0 Å². The van der Waals surface area contributed by atoms with Crippen molar-refractivity contribution in [2.45, 2.75) is 154 Å². The molecule has 0 heterocycles. The second-order valence-corrected chi connectivity index (χ2v) is 17.3. The molecule has 0 spiro atoms. The predicted molar refractivity (Wildman–Crippen MR) is 247 cm³/mol. The molecule has 0 aliphatic heterocycles. The van der Waals surface area contributed by atoms with Gasteiger partial charge in [0.1, 0.15) is 48.3 Å². The summed E-state index contributed by atoms with van der Waals surface area (Å²) in [7, 11) is 0. The maximum absolute atomic E-state index is 14.0. The molecule has 11 amide bonds. The van der Waals surface area contributed by atoms with Crippen LogP contribution in [0.25, 0.3) is 0 Å². The summed E-state index contributed by atoms with van der Waals surface area (Å²) in [4.78, 5) is 178. The van der Waals surface area contributed by atoms with Crippen molar-refractivity contribution in [2.75, 3.05) is 6.61 Å². The van der Waals surface area contributed by atoms with Gasteiger partial charge in [0.15, 0.2) is 0 Å². The molecule has 0 saturated carbocycles. The summed E-state index contributed by atoms with van der Waals surface area (Å²) >= 11 is 0. The van der Waals surface area contributed by atoms with Crippen molar-refractivity contribution in [3.8, 4) is 0 Å². The summed E-state index contributed by atoms with van der Waals surface area (Å²) in [6, 6.07) is -15.2. The molecule has 20 N–H and O–H groups in total.